The van der Waals surface area contributed by atoms with Gasteiger partial charge in [-0.1, -0.05) is 23.7 Å². The van der Waals surface area contributed by atoms with Crippen LogP contribution in [-0.4, -0.2) is 12.1 Å². The summed E-state index contributed by atoms with van der Waals surface area (Å²) in [4.78, 5) is 11.6. The van der Waals surface area contributed by atoms with Gasteiger partial charge in [-0.25, -0.2) is 0 Å². The molecule has 0 N–H and O–H groups in total. The monoisotopic (exact) mass is 238 g/mol. The van der Waals surface area contributed by atoms with E-state index in [1.165, 1.54) is 12.8 Å². The molecule has 2 nitrogen and oxygen atoms in total. The van der Waals surface area contributed by atoms with Gasteiger partial charge in [0.25, 0.3) is 0 Å². The fourth-order valence-electron chi connectivity index (χ4n) is 2.05. The highest BCUT2D eigenvalue weighted by atomic mass is 35.5. The molecule has 16 heavy (non-hydrogen) atoms. The minimum absolute atomic E-state index is 0.144. The summed E-state index contributed by atoms with van der Waals surface area (Å²) >= 11 is 5.85. The number of carbonyl (C=O) groups excluding carboxylic acids is 1. The zero-order valence-corrected chi connectivity index (χ0v) is 9.87. The van der Waals surface area contributed by atoms with Crippen molar-refractivity contribution < 1.29 is 9.53 Å². The van der Waals surface area contributed by atoms with Gasteiger partial charge in [-0.3, -0.25) is 4.79 Å². The van der Waals surface area contributed by atoms with Gasteiger partial charge in [0.05, 0.1) is 6.42 Å². The molecule has 0 amide bonds. The first-order valence-corrected chi connectivity index (χ1v) is 6.06. The Morgan fingerprint density at radius 2 is 2.12 bits per heavy atom. The first-order chi connectivity index (χ1) is 7.74. The molecule has 0 atom stereocenters. The molecule has 3 heteroatoms. The van der Waals surface area contributed by atoms with Gasteiger partial charge in [0, 0.05) is 5.02 Å². The van der Waals surface area contributed by atoms with Crippen LogP contribution >= 0.6 is 11.6 Å². The summed E-state index contributed by atoms with van der Waals surface area (Å²) in [6.07, 6.45) is 4.84. The molecule has 0 saturated heterocycles. The van der Waals surface area contributed by atoms with Crippen molar-refractivity contribution in [1.82, 2.24) is 0 Å². The Morgan fingerprint density at radius 1 is 1.38 bits per heavy atom. The van der Waals surface area contributed by atoms with Gasteiger partial charge in [-0.15, -0.1) is 0 Å². The second-order valence-electron chi connectivity index (χ2n) is 4.20. The van der Waals surface area contributed by atoms with E-state index >= 15 is 0 Å². The van der Waals surface area contributed by atoms with Crippen LogP contribution in [0.2, 0.25) is 5.02 Å². The number of rotatable bonds is 3. The van der Waals surface area contributed by atoms with Gasteiger partial charge >= 0.3 is 5.97 Å². The zero-order chi connectivity index (χ0) is 11.4. The maximum Gasteiger partial charge on any atom is 0.310 e. The third-order valence-corrected chi connectivity index (χ3v) is 3.07. The number of halogens is 1. The van der Waals surface area contributed by atoms with E-state index < -0.39 is 0 Å². The number of hydrogen-bond acceptors (Lipinski definition) is 2. The Bertz CT molecular complexity index is 370. The van der Waals surface area contributed by atoms with E-state index in [0.717, 1.165) is 18.4 Å². The average Bonchev–Trinajstić information content (AvgIpc) is 2.70. The summed E-state index contributed by atoms with van der Waals surface area (Å²) in [7, 11) is 0. The molecular formula is C13H15ClO2. The molecular weight excluding hydrogens is 224 g/mol. The summed E-state index contributed by atoms with van der Waals surface area (Å²) in [5.41, 5.74) is 0.912. The van der Waals surface area contributed by atoms with Gasteiger partial charge < -0.3 is 4.74 Å². The molecule has 1 saturated carbocycles. The predicted molar refractivity (Wildman–Crippen MR) is 63.5 cm³/mol. The Hall–Kier alpha value is -1.02. The van der Waals surface area contributed by atoms with E-state index in [2.05, 4.69) is 0 Å². The van der Waals surface area contributed by atoms with Crippen LogP contribution in [0.1, 0.15) is 31.2 Å². The summed E-state index contributed by atoms with van der Waals surface area (Å²) in [5, 5.41) is 0.658. The number of hydrogen-bond donors (Lipinski definition) is 0. The minimum Gasteiger partial charge on any atom is -0.462 e. The standard InChI is InChI=1S/C13H15ClO2/c14-11-5-3-4-10(8-11)9-13(15)16-12-6-1-2-7-12/h3-5,8,12H,1-2,6-7,9H2. The molecule has 1 fully saturated rings. The Morgan fingerprint density at radius 3 is 2.81 bits per heavy atom. The normalized spacial score (nSPS) is 16.3. The Balaban J connectivity index is 1.86. The summed E-state index contributed by atoms with van der Waals surface area (Å²) in [5.74, 6) is -0.144. The fourth-order valence-corrected chi connectivity index (χ4v) is 2.26. The van der Waals surface area contributed by atoms with Crippen LogP contribution in [0.5, 0.6) is 0 Å². The van der Waals surface area contributed by atoms with Gasteiger partial charge in [-0.05, 0) is 43.4 Å². The lowest BCUT2D eigenvalue weighted by Gasteiger charge is -2.11. The molecule has 1 aromatic carbocycles. The van der Waals surface area contributed by atoms with Crippen molar-refractivity contribution in [2.75, 3.05) is 0 Å². The van der Waals surface area contributed by atoms with Crippen LogP contribution in [0, 0.1) is 0 Å². The number of carbonyl (C=O) groups is 1. The van der Waals surface area contributed by atoms with Crippen LogP contribution in [0.4, 0.5) is 0 Å². The van der Waals surface area contributed by atoms with Crippen molar-refractivity contribution in [2.24, 2.45) is 0 Å². The molecule has 1 aliphatic carbocycles. The summed E-state index contributed by atoms with van der Waals surface area (Å²) < 4.78 is 5.37. The van der Waals surface area contributed by atoms with Crippen LogP contribution in [0.15, 0.2) is 24.3 Å². The van der Waals surface area contributed by atoms with E-state index in [1.54, 1.807) is 12.1 Å². The first-order valence-electron chi connectivity index (χ1n) is 5.68. The van der Waals surface area contributed by atoms with E-state index in [9.17, 15) is 4.79 Å². The van der Waals surface area contributed by atoms with Crippen molar-refractivity contribution in [1.29, 1.82) is 0 Å². The molecule has 2 rings (SSSR count). The lowest BCUT2D eigenvalue weighted by Crippen LogP contribution is -2.16. The second-order valence-corrected chi connectivity index (χ2v) is 4.64. The molecule has 0 aliphatic heterocycles. The van der Waals surface area contributed by atoms with E-state index in [1.807, 2.05) is 12.1 Å². The summed E-state index contributed by atoms with van der Waals surface area (Å²) in [6, 6.07) is 7.34. The van der Waals surface area contributed by atoms with Crippen LogP contribution in [0.3, 0.4) is 0 Å². The van der Waals surface area contributed by atoms with Gasteiger partial charge in [0.2, 0.25) is 0 Å². The molecule has 0 aromatic heterocycles. The predicted octanol–water partition coefficient (Wildman–Crippen LogP) is 3.37. The number of esters is 1. The third kappa shape index (κ3) is 3.24. The van der Waals surface area contributed by atoms with E-state index in [4.69, 9.17) is 16.3 Å². The topological polar surface area (TPSA) is 26.3 Å². The van der Waals surface area contributed by atoms with Crippen LogP contribution in [-0.2, 0) is 16.0 Å². The van der Waals surface area contributed by atoms with Crippen molar-refractivity contribution in [3.8, 4) is 0 Å². The van der Waals surface area contributed by atoms with Crippen molar-refractivity contribution >= 4 is 17.6 Å². The lowest BCUT2D eigenvalue weighted by atomic mass is 10.1. The van der Waals surface area contributed by atoms with Crippen LogP contribution < -0.4 is 0 Å². The van der Waals surface area contributed by atoms with Crippen molar-refractivity contribution in [3.05, 3.63) is 34.9 Å². The first kappa shape index (κ1) is 11.5. The SMILES string of the molecule is O=C(Cc1cccc(Cl)c1)OC1CCCC1. The van der Waals surface area contributed by atoms with E-state index in [-0.39, 0.29) is 12.1 Å². The summed E-state index contributed by atoms with van der Waals surface area (Å²) in [6.45, 7) is 0. The largest absolute Gasteiger partial charge is 0.462 e. The molecule has 1 aliphatic rings. The van der Waals surface area contributed by atoms with Gasteiger partial charge in [0.15, 0.2) is 0 Å². The van der Waals surface area contributed by atoms with Crippen molar-refractivity contribution in [3.63, 3.8) is 0 Å². The maximum absolute atomic E-state index is 11.6. The number of benzene rings is 1. The quantitative estimate of drug-likeness (QED) is 0.755. The fraction of sp³-hybridized carbons (Fsp3) is 0.462. The highest BCUT2D eigenvalue weighted by Crippen LogP contribution is 2.21. The molecule has 0 unspecified atom stereocenters. The Kier molecular flexibility index (Phi) is 3.83. The average molecular weight is 239 g/mol. The lowest BCUT2D eigenvalue weighted by molar-refractivity contribution is -0.147. The smallest absolute Gasteiger partial charge is 0.310 e. The highest BCUT2D eigenvalue weighted by Gasteiger charge is 2.19. The van der Waals surface area contributed by atoms with Crippen LogP contribution in [0.25, 0.3) is 0 Å². The molecule has 0 spiro atoms. The maximum atomic E-state index is 11.6. The van der Waals surface area contributed by atoms with E-state index in [0.29, 0.717) is 11.4 Å². The van der Waals surface area contributed by atoms with Crippen molar-refractivity contribution in [2.45, 2.75) is 38.2 Å². The molecule has 86 valence electrons. The molecule has 0 heterocycles. The van der Waals surface area contributed by atoms with Gasteiger partial charge in [-0.2, -0.15) is 0 Å². The zero-order valence-electron chi connectivity index (χ0n) is 9.12. The minimum atomic E-state index is -0.144. The number of ether oxygens (including phenoxy) is 1. The highest BCUT2D eigenvalue weighted by molar-refractivity contribution is 6.30. The molecule has 1 aromatic rings. The Labute approximate surface area is 101 Å². The third-order valence-electron chi connectivity index (χ3n) is 2.84. The molecule has 0 bridgehead atoms. The second kappa shape index (κ2) is 5.35. The molecule has 0 radical (unpaired) electrons. The van der Waals surface area contributed by atoms with Gasteiger partial charge in [0.1, 0.15) is 6.10 Å².